The van der Waals surface area contributed by atoms with Gasteiger partial charge in [0.1, 0.15) is 11.5 Å². The molecule has 2 aliphatic rings. The minimum absolute atomic E-state index is 0.136. The van der Waals surface area contributed by atoms with Gasteiger partial charge in [-0.3, -0.25) is 4.90 Å². The van der Waals surface area contributed by atoms with Crippen molar-refractivity contribution >= 4 is 21.5 Å². The van der Waals surface area contributed by atoms with Gasteiger partial charge >= 0.3 is 0 Å². The molecule has 3 aromatic carbocycles. The van der Waals surface area contributed by atoms with E-state index in [4.69, 9.17) is 9.47 Å². The van der Waals surface area contributed by atoms with Crippen LogP contribution in [0.15, 0.2) is 18.2 Å². The summed E-state index contributed by atoms with van der Waals surface area (Å²) in [6.07, 6.45) is 4.65. The first kappa shape index (κ1) is 21.5. The lowest BCUT2D eigenvalue weighted by atomic mass is 9.80. The van der Waals surface area contributed by atoms with E-state index in [1.54, 1.807) is 14.2 Å². The molecule has 1 fully saturated rings. The summed E-state index contributed by atoms with van der Waals surface area (Å²) in [5.41, 5.74) is 4.59. The molecule has 0 aromatic heterocycles. The maximum atomic E-state index is 10.4. The Labute approximate surface area is 188 Å². The molecular formula is C26H31NO5. The van der Waals surface area contributed by atoms with Crippen LogP contribution in [0.2, 0.25) is 0 Å². The molecule has 2 heterocycles. The Hall–Kier alpha value is -2.38. The van der Waals surface area contributed by atoms with Crippen molar-refractivity contribution in [1.82, 2.24) is 4.90 Å². The summed E-state index contributed by atoms with van der Waals surface area (Å²) < 4.78 is 11.2. The van der Waals surface area contributed by atoms with Crippen LogP contribution in [0.1, 0.15) is 47.1 Å². The van der Waals surface area contributed by atoms with Gasteiger partial charge in [0.2, 0.25) is 0 Å². The van der Waals surface area contributed by atoms with Crippen LogP contribution >= 0.6 is 0 Å². The Bertz CT molecular complexity index is 1190. The van der Waals surface area contributed by atoms with Crippen LogP contribution in [-0.4, -0.2) is 47.0 Å². The second-order valence-corrected chi connectivity index (χ2v) is 8.92. The summed E-state index contributed by atoms with van der Waals surface area (Å²) in [5, 5.41) is 34.6. The summed E-state index contributed by atoms with van der Waals surface area (Å²) in [6, 6.07) is 6.57. The molecule has 3 N–H and O–H groups in total. The van der Waals surface area contributed by atoms with E-state index in [2.05, 4.69) is 4.90 Å². The number of hydrogen-bond acceptors (Lipinski definition) is 6. The molecule has 0 bridgehead atoms. The molecule has 0 saturated carbocycles. The Morgan fingerprint density at radius 1 is 0.844 bits per heavy atom. The molecular weight excluding hydrogens is 406 g/mol. The number of aliphatic hydroxyl groups excluding tert-OH is 3. The highest BCUT2D eigenvalue weighted by atomic mass is 16.5. The molecule has 6 nitrogen and oxygen atoms in total. The van der Waals surface area contributed by atoms with Crippen molar-refractivity contribution < 1.29 is 24.8 Å². The lowest BCUT2D eigenvalue weighted by molar-refractivity contribution is 0.128. The third-order valence-corrected chi connectivity index (χ3v) is 7.47. The van der Waals surface area contributed by atoms with Crippen LogP contribution in [0.25, 0.3) is 21.5 Å². The number of nitrogens with zero attached hydrogens (tertiary/aromatic N) is 1. The van der Waals surface area contributed by atoms with Gasteiger partial charge in [0, 0.05) is 23.7 Å². The van der Waals surface area contributed by atoms with Gasteiger partial charge in [0.25, 0.3) is 0 Å². The molecule has 1 unspecified atom stereocenters. The lowest BCUT2D eigenvalue weighted by Crippen LogP contribution is -2.43. The Kier molecular flexibility index (Phi) is 5.72. The molecule has 170 valence electrons. The van der Waals surface area contributed by atoms with Crippen molar-refractivity contribution in [2.45, 2.75) is 58.1 Å². The Morgan fingerprint density at radius 2 is 1.59 bits per heavy atom. The number of methoxy groups -OCH3 is 2. The summed E-state index contributed by atoms with van der Waals surface area (Å²) in [4.78, 5) is 2.59. The lowest BCUT2D eigenvalue weighted by Gasteiger charge is -2.41. The first-order valence-corrected chi connectivity index (χ1v) is 11.4. The predicted octanol–water partition coefficient (Wildman–Crippen LogP) is 3.40. The van der Waals surface area contributed by atoms with Crippen molar-refractivity contribution in [2.75, 3.05) is 20.8 Å². The average Bonchev–Trinajstić information content (AvgIpc) is 2.85. The Balaban J connectivity index is 1.94. The molecule has 6 heteroatoms. The van der Waals surface area contributed by atoms with Crippen molar-refractivity contribution in [3.63, 3.8) is 0 Å². The number of piperidine rings is 1. The topological polar surface area (TPSA) is 82.4 Å². The second kappa shape index (κ2) is 8.52. The smallest absolute Gasteiger partial charge is 0.125 e. The number of fused-ring (bicyclic) bond motifs is 7. The first-order valence-electron chi connectivity index (χ1n) is 11.4. The van der Waals surface area contributed by atoms with Crippen molar-refractivity contribution in [3.05, 3.63) is 46.0 Å². The fraction of sp³-hybridized carbons (Fsp3) is 0.462. The van der Waals surface area contributed by atoms with Gasteiger partial charge in [-0.1, -0.05) is 6.42 Å². The Morgan fingerprint density at radius 3 is 2.28 bits per heavy atom. The van der Waals surface area contributed by atoms with E-state index in [0.29, 0.717) is 34.2 Å². The van der Waals surface area contributed by atoms with E-state index in [1.165, 1.54) is 30.4 Å². The summed E-state index contributed by atoms with van der Waals surface area (Å²) >= 11 is 0. The first-order chi connectivity index (χ1) is 15.6. The van der Waals surface area contributed by atoms with E-state index in [1.807, 2.05) is 18.2 Å². The molecule has 0 radical (unpaired) electrons. The zero-order chi connectivity index (χ0) is 22.4. The molecule has 0 spiro atoms. The number of hydrogen-bond donors (Lipinski definition) is 3. The van der Waals surface area contributed by atoms with Crippen LogP contribution in [-0.2, 0) is 32.8 Å². The zero-order valence-corrected chi connectivity index (χ0v) is 18.8. The minimum atomic E-state index is -0.215. The number of aliphatic hydroxyl groups is 3. The summed E-state index contributed by atoms with van der Waals surface area (Å²) in [5.74, 6) is 1.27. The van der Waals surface area contributed by atoms with E-state index in [0.717, 1.165) is 41.1 Å². The molecule has 3 aromatic rings. The third kappa shape index (κ3) is 3.17. The number of benzene rings is 3. The molecule has 0 aliphatic carbocycles. The fourth-order valence-corrected chi connectivity index (χ4v) is 5.90. The number of ether oxygens (including phenoxy) is 2. The van der Waals surface area contributed by atoms with Gasteiger partial charge in [0.15, 0.2) is 0 Å². The van der Waals surface area contributed by atoms with Crippen molar-refractivity contribution in [2.24, 2.45) is 0 Å². The molecule has 2 aliphatic heterocycles. The SMILES string of the molecule is COc1cc2c3c(c4cc(OC)c(CO)c(CO)c4c2cc1CO)CC1CCCCN1C3. The highest BCUT2D eigenvalue weighted by Gasteiger charge is 2.32. The third-order valence-electron chi connectivity index (χ3n) is 7.47. The van der Waals surface area contributed by atoms with Gasteiger partial charge < -0.3 is 24.8 Å². The molecule has 32 heavy (non-hydrogen) atoms. The van der Waals surface area contributed by atoms with Crippen molar-refractivity contribution in [1.29, 1.82) is 0 Å². The van der Waals surface area contributed by atoms with Gasteiger partial charge in [-0.25, -0.2) is 0 Å². The molecule has 5 rings (SSSR count). The van der Waals surface area contributed by atoms with Crippen LogP contribution in [0.3, 0.4) is 0 Å². The van der Waals surface area contributed by atoms with E-state index < -0.39 is 0 Å². The summed E-state index contributed by atoms with van der Waals surface area (Å²) in [6.45, 7) is 1.45. The van der Waals surface area contributed by atoms with Gasteiger partial charge in [0.05, 0.1) is 34.0 Å². The fourth-order valence-electron chi connectivity index (χ4n) is 5.90. The predicted molar refractivity (Wildman–Crippen MR) is 124 cm³/mol. The zero-order valence-electron chi connectivity index (χ0n) is 18.8. The average molecular weight is 438 g/mol. The number of rotatable bonds is 5. The largest absolute Gasteiger partial charge is 0.496 e. The van der Waals surface area contributed by atoms with E-state index in [-0.39, 0.29) is 19.8 Å². The highest BCUT2D eigenvalue weighted by molar-refractivity contribution is 6.14. The standard InChI is InChI=1S/C26H31NO5/c1-31-24-9-18-19(7-15(24)12-28)26-20(10-25(32-2)22(13-29)23(26)14-30)17-8-16-5-3-4-6-27(16)11-21(17)18/h7,9-10,16,28-30H,3-6,8,11-14H2,1-2H3. The van der Waals surface area contributed by atoms with Crippen molar-refractivity contribution in [3.8, 4) is 11.5 Å². The highest BCUT2D eigenvalue weighted by Crippen LogP contribution is 2.45. The maximum absolute atomic E-state index is 10.4. The van der Waals surface area contributed by atoms with Crippen LogP contribution in [0.4, 0.5) is 0 Å². The van der Waals surface area contributed by atoms with Crippen LogP contribution in [0.5, 0.6) is 11.5 Å². The quantitative estimate of drug-likeness (QED) is 0.531. The summed E-state index contributed by atoms with van der Waals surface area (Å²) in [7, 11) is 3.23. The van der Waals surface area contributed by atoms with Gasteiger partial charge in [-0.15, -0.1) is 0 Å². The van der Waals surface area contributed by atoms with E-state index in [9.17, 15) is 15.3 Å². The monoisotopic (exact) mass is 437 g/mol. The van der Waals surface area contributed by atoms with Gasteiger partial charge in [-0.05, 0) is 82.2 Å². The second-order valence-electron chi connectivity index (χ2n) is 8.92. The normalized spacial score (nSPS) is 18.6. The van der Waals surface area contributed by atoms with Crippen LogP contribution < -0.4 is 9.47 Å². The van der Waals surface area contributed by atoms with Crippen LogP contribution in [0, 0.1) is 0 Å². The van der Waals surface area contributed by atoms with E-state index >= 15 is 0 Å². The molecule has 0 amide bonds. The molecule has 1 atom stereocenters. The minimum Gasteiger partial charge on any atom is -0.496 e. The molecule has 1 saturated heterocycles. The van der Waals surface area contributed by atoms with Gasteiger partial charge in [-0.2, -0.15) is 0 Å². The maximum Gasteiger partial charge on any atom is 0.125 e.